The molecule has 1 rings (SSSR count). The molecule has 1 nitrogen and oxygen atoms in total. The fourth-order valence-corrected chi connectivity index (χ4v) is 1.39. The first-order valence-corrected chi connectivity index (χ1v) is 4.45. The van der Waals surface area contributed by atoms with Gasteiger partial charge in [-0.3, -0.25) is 0 Å². The summed E-state index contributed by atoms with van der Waals surface area (Å²) in [6.45, 7) is 5.37. The quantitative estimate of drug-likeness (QED) is 0.719. The van der Waals surface area contributed by atoms with Crippen molar-refractivity contribution in [1.29, 1.82) is 0 Å². The summed E-state index contributed by atoms with van der Waals surface area (Å²) in [5.74, 6) is 0. The molecule has 0 amide bonds. The fourth-order valence-electron chi connectivity index (χ4n) is 1.39. The van der Waals surface area contributed by atoms with Gasteiger partial charge < -0.3 is 5.32 Å². The molecule has 1 N–H and O–H groups in total. The monoisotopic (exact) mass is 163 g/mol. The summed E-state index contributed by atoms with van der Waals surface area (Å²) in [4.78, 5) is 0. The van der Waals surface area contributed by atoms with Gasteiger partial charge in [-0.05, 0) is 45.0 Å². The van der Waals surface area contributed by atoms with E-state index in [0.717, 1.165) is 13.0 Å². The van der Waals surface area contributed by atoms with E-state index in [1.165, 1.54) is 16.7 Å². The van der Waals surface area contributed by atoms with Crippen molar-refractivity contribution in [3.8, 4) is 0 Å². The van der Waals surface area contributed by atoms with Crippen LogP contribution in [0.1, 0.15) is 16.7 Å². The van der Waals surface area contributed by atoms with Gasteiger partial charge in [0.15, 0.2) is 0 Å². The second-order valence-corrected chi connectivity index (χ2v) is 3.28. The molecular formula is C11H17N. The lowest BCUT2D eigenvalue weighted by atomic mass is 10.0. The van der Waals surface area contributed by atoms with Crippen molar-refractivity contribution in [1.82, 2.24) is 5.32 Å². The highest BCUT2D eigenvalue weighted by atomic mass is 14.8. The van der Waals surface area contributed by atoms with Gasteiger partial charge >= 0.3 is 0 Å². The van der Waals surface area contributed by atoms with Crippen LogP contribution in [0.5, 0.6) is 0 Å². The van der Waals surface area contributed by atoms with Crippen molar-refractivity contribution < 1.29 is 0 Å². The molecule has 0 spiro atoms. The van der Waals surface area contributed by atoms with Crippen molar-refractivity contribution in [2.45, 2.75) is 20.3 Å². The van der Waals surface area contributed by atoms with Crippen LogP contribution in [-0.4, -0.2) is 13.6 Å². The Labute approximate surface area is 74.8 Å². The third-order valence-electron chi connectivity index (χ3n) is 2.14. The van der Waals surface area contributed by atoms with Gasteiger partial charge in [-0.25, -0.2) is 0 Å². The van der Waals surface area contributed by atoms with Crippen LogP contribution in [0.3, 0.4) is 0 Å². The number of rotatable bonds is 3. The number of hydrogen-bond acceptors (Lipinski definition) is 1. The van der Waals surface area contributed by atoms with Crippen LogP contribution >= 0.6 is 0 Å². The molecule has 0 bridgehead atoms. The minimum atomic E-state index is 1.06. The van der Waals surface area contributed by atoms with E-state index in [2.05, 4.69) is 37.4 Å². The topological polar surface area (TPSA) is 12.0 Å². The third kappa shape index (κ3) is 2.35. The lowest BCUT2D eigenvalue weighted by molar-refractivity contribution is 0.788. The molecule has 1 aromatic rings. The van der Waals surface area contributed by atoms with Crippen LogP contribution in [0.4, 0.5) is 0 Å². The zero-order chi connectivity index (χ0) is 8.97. The Morgan fingerprint density at radius 1 is 1.25 bits per heavy atom. The van der Waals surface area contributed by atoms with E-state index in [9.17, 15) is 0 Å². The average molecular weight is 163 g/mol. The van der Waals surface area contributed by atoms with E-state index in [1.807, 2.05) is 7.05 Å². The van der Waals surface area contributed by atoms with E-state index in [0.29, 0.717) is 0 Å². The van der Waals surface area contributed by atoms with Crippen LogP contribution in [-0.2, 0) is 6.42 Å². The van der Waals surface area contributed by atoms with Crippen LogP contribution in [0.2, 0.25) is 0 Å². The van der Waals surface area contributed by atoms with Gasteiger partial charge in [0.05, 0.1) is 0 Å². The maximum atomic E-state index is 3.16. The number of nitrogens with one attached hydrogen (secondary N) is 1. The van der Waals surface area contributed by atoms with Crippen molar-refractivity contribution in [3.63, 3.8) is 0 Å². The second kappa shape index (κ2) is 4.27. The minimum absolute atomic E-state index is 1.06. The van der Waals surface area contributed by atoms with Crippen molar-refractivity contribution >= 4 is 0 Å². The Bertz CT molecular complexity index is 253. The van der Waals surface area contributed by atoms with E-state index in [-0.39, 0.29) is 0 Å². The maximum absolute atomic E-state index is 3.16. The summed E-state index contributed by atoms with van der Waals surface area (Å²) < 4.78 is 0. The summed E-state index contributed by atoms with van der Waals surface area (Å²) in [7, 11) is 1.99. The molecule has 0 saturated heterocycles. The minimum Gasteiger partial charge on any atom is -0.319 e. The Morgan fingerprint density at radius 3 is 2.58 bits per heavy atom. The second-order valence-electron chi connectivity index (χ2n) is 3.28. The summed E-state index contributed by atoms with van der Waals surface area (Å²) in [5.41, 5.74) is 4.21. The lowest BCUT2D eigenvalue weighted by Gasteiger charge is -2.05. The molecule has 1 aromatic carbocycles. The predicted molar refractivity (Wildman–Crippen MR) is 53.5 cm³/mol. The van der Waals surface area contributed by atoms with Gasteiger partial charge in [-0.1, -0.05) is 23.8 Å². The van der Waals surface area contributed by atoms with Crippen LogP contribution < -0.4 is 5.32 Å². The van der Waals surface area contributed by atoms with Gasteiger partial charge in [0.2, 0.25) is 0 Å². The van der Waals surface area contributed by atoms with Crippen molar-refractivity contribution in [3.05, 3.63) is 34.9 Å². The third-order valence-corrected chi connectivity index (χ3v) is 2.14. The van der Waals surface area contributed by atoms with Crippen LogP contribution in [0.15, 0.2) is 18.2 Å². The molecule has 0 fully saturated rings. The first-order chi connectivity index (χ1) is 5.74. The van der Waals surface area contributed by atoms with Gasteiger partial charge in [-0.15, -0.1) is 0 Å². The Balaban J connectivity index is 2.72. The summed E-state index contributed by atoms with van der Waals surface area (Å²) in [5, 5.41) is 3.16. The number of likely N-dealkylation sites (N-methyl/N-ethyl adjacent to an activating group) is 1. The Hall–Kier alpha value is -0.820. The van der Waals surface area contributed by atoms with Crippen LogP contribution in [0, 0.1) is 13.8 Å². The standard InChI is InChI=1S/C11H17N/c1-9-4-5-11(6-7-12-3)10(2)8-9/h4-5,8,12H,6-7H2,1-3H3. The highest BCUT2D eigenvalue weighted by Gasteiger charge is 1.96. The van der Waals surface area contributed by atoms with Gasteiger partial charge in [-0.2, -0.15) is 0 Å². The molecule has 0 atom stereocenters. The Kier molecular flexibility index (Phi) is 3.30. The first-order valence-electron chi connectivity index (χ1n) is 4.45. The molecular weight excluding hydrogens is 146 g/mol. The van der Waals surface area contributed by atoms with E-state index in [1.54, 1.807) is 0 Å². The SMILES string of the molecule is CNCCc1ccc(C)cc1C. The maximum Gasteiger partial charge on any atom is -0.00113 e. The summed E-state index contributed by atoms with van der Waals surface area (Å²) >= 11 is 0. The molecule has 0 radical (unpaired) electrons. The summed E-state index contributed by atoms with van der Waals surface area (Å²) in [6.07, 6.45) is 1.13. The molecule has 1 heteroatoms. The largest absolute Gasteiger partial charge is 0.319 e. The van der Waals surface area contributed by atoms with Gasteiger partial charge in [0.1, 0.15) is 0 Å². The molecule has 0 aliphatic heterocycles. The molecule has 0 aliphatic carbocycles. The van der Waals surface area contributed by atoms with Crippen molar-refractivity contribution in [2.75, 3.05) is 13.6 Å². The van der Waals surface area contributed by atoms with Crippen molar-refractivity contribution in [2.24, 2.45) is 0 Å². The molecule has 66 valence electrons. The van der Waals surface area contributed by atoms with E-state index >= 15 is 0 Å². The number of benzene rings is 1. The molecule has 0 aromatic heterocycles. The number of hydrogen-bond donors (Lipinski definition) is 1. The molecule has 0 saturated carbocycles. The van der Waals surface area contributed by atoms with E-state index in [4.69, 9.17) is 0 Å². The smallest absolute Gasteiger partial charge is 0.00113 e. The van der Waals surface area contributed by atoms with E-state index < -0.39 is 0 Å². The Morgan fingerprint density at radius 2 is 2.00 bits per heavy atom. The summed E-state index contributed by atoms with van der Waals surface area (Å²) in [6, 6.07) is 6.64. The fraction of sp³-hybridized carbons (Fsp3) is 0.455. The molecule has 0 heterocycles. The highest BCUT2D eigenvalue weighted by molar-refractivity contribution is 5.30. The van der Waals surface area contributed by atoms with Crippen LogP contribution in [0.25, 0.3) is 0 Å². The normalized spacial score (nSPS) is 10.2. The molecule has 12 heavy (non-hydrogen) atoms. The molecule has 0 aliphatic rings. The zero-order valence-electron chi connectivity index (χ0n) is 8.15. The molecule has 0 unspecified atom stereocenters. The van der Waals surface area contributed by atoms with Gasteiger partial charge in [0, 0.05) is 0 Å². The number of aryl methyl sites for hydroxylation is 2. The zero-order valence-corrected chi connectivity index (χ0v) is 8.15. The average Bonchev–Trinajstić information content (AvgIpc) is 2.03. The lowest BCUT2D eigenvalue weighted by Crippen LogP contribution is -2.10. The highest BCUT2D eigenvalue weighted by Crippen LogP contribution is 2.10. The first kappa shape index (κ1) is 9.27. The predicted octanol–water partition coefficient (Wildman–Crippen LogP) is 2.07. The van der Waals surface area contributed by atoms with Gasteiger partial charge in [0.25, 0.3) is 0 Å².